The molecule has 0 spiro atoms. The van der Waals surface area contributed by atoms with Crippen LogP contribution in [0, 0.1) is 19.7 Å². The molecule has 0 amide bonds. The Kier molecular flexibility index (Phi) is 5.26. The Morgan fingerprint density at radius 3 is 2.19 bits per heavy atom. The first-order chi connectivity index (χ1) is 9.92. The van der Waals surface area contributed by atoms with Gasteiger partial charge in [0.1, 0.15) is 5.82 Å². The van der Waals surface area contributed by atoms with Gasteiger partial charge in [0, 0.05) is 15.6 Å². The minimum Gasteiger partial charge on any atom is -0.306 e. The monoisotopic (exact) mass is 325 g/mol. The summed E-state index contributed by atoms with van der Waals surface area (Å²) in [6.45, 7) is 6.50. The Labute approximate surface area is 135 Å². The van der Waals surface area contributed by atoms with E-state index in [4.69, 9.17) is 23.2 Å². The van der Waals surface area contributed by atoms with Crippen LogP contribution in [0.3, 0.4) is 0 Å². The molecule has 1 unspecified atom stereocenters. The van der Waals surface area contributed by atoms with Crippen molar-refractivity contribution >= 4 is 23.2 Å². The van der Waals surface area contributed by atoms with Crippen molar-refractivity contribution in [3.05, 3.63) is 68.4 Å². The molecule has 1 atom stereocenters. The van der Waals surface area contributed by atoms with Crippen LogP contribution in [-0.4, -0.2) is 6.54 Å². The Bertz CT molecular complexity index is 612. The molecule has 0 aromatic heterocycles. The summed E-state index contributed by atoms with van der Waals surface area (Å²) in [5.41, 5.74) is 3.32. The molecular weight excluding hydrogens is 308 g/mol. The topological polar surface area (TPSA) is 12.0 Å². The summed E-state index contributed by atoms with van der Waals surface area (Å²) in [4.78, 5) is 0. The quantitative estimate of drug-likeness (QED) is 0.788. The van der Waals surface area contributed by atoms with Gasteiger partial charge in [0.2, 0.25) is 0 Å². The number of hydrogen-bond acceptors (Lipinski definition) is 1. The highest BCUT2D eigenvalue weighted by atomic mass is 35.5. The number of nitrogens with one attached hydrogen (secondary N) is 1. The number of aryl methyl sites for hydroxylation is 2. The molecule has 1 N–H and O–H groups in total. The lowest BCUT2D eigenvalue weighted by molar-refractivity contribution is 0.555. The van der Waals surface area contributed by atoms with Crippen LogP contribution in [0.2, 0.25) is 10.0 Å². The maximum Gasteiger partial charge on any atom is 0.128 e. The van der Waals surface area contributed by atoms with Gasteiger partial charge in [-0.3, -0.25) is 0 Å². The average molecular weight is 326 g/mol. The summed E-state index contributed by atoms with van der Waals surface area (Å²) in [6.07, 6.45) is 0. The minimum atomic E-state index is -0.271. The Balaban J connectivity index is 2.58. The van der Waals surface area contributed by atoms with Crippen LogP contribution < -0.4 is 5.32 Å². The number of rotatable bonds is 4. The maximum atomic E-state index is 14.5. The second kappa shape index (κ2) is 6.78. The summed E-state index contributed by atoms with van der Waals surface area (Å²) in [6, 6.07) is 8.58. The fraction of sp³-hybridized carbons (Fsp3) is 0.294. The van der Waals surface area contributed by atoms with E-state index in [1.54, 1.807) is 12.1 Å². The van der Waals surface area contributed by atoms with Gasteiger partial charge in [-0.15, -0.1) is 0 Å². The van der Waals surface area contributed by atoms with Crippen molar-refractivity contribution < 1.29 is 4.39 Å². The molecule has 0 saturated heterocycles. The van der Waals surface area contributed by atoms with E-state index in [9.17, 15) is 4.39 Å². The van der Waals surface area contributed by atoms with Crippen LogP contribution >= 0.6 is 23.2 Å². The van der Waals surface area contributed by atoms with Crippen LogP contribution in [0.15, 0.2) is 30.3 Å². The molecule has 0 aliphatic rings. The van der Waals surface area contributed by atoms with Crippen LogP contribution in [0.25, 0.3) is 0 Å². The van der Waals surface area contributed by atoms with E-state index in [0.29, 0.717) is 22.2 Å². The third kappa shape index (κ3) is 3.76. The Morgan fingerprint density at radius 2 is 1.67 bits per heavy atom. The maximum absolute atomic E-state index is 14.5. The van der Waals surface area contributed by atoms with Crippen molar-refractivity contribution in [1.82, 2.24) is 5.32 Å². The first-order valence-electron chi connectivity index (χ1n) is 6.88. The molecule has 2 rings (SSSR count). The smallest absolute Gasteiger partial charge is 0.128 e. The van der Waals surface area contributed by atoms with Crippen molar-refractivity contribution in [2.24, 2.45) is 0 Å². The Hall–Kier alpha value is -1.09. The van der Waals surface area contributed by atoms with E-state index in [0.717, 1.165) is 16.7 Å². The molecule has 0 fully saturated rings. The van der Waals surface area contributed by atoms with E-state index < -0.39 is 0 Å². The molecule has 2 aromatic carbocycles. The zero-order valence-electron chi connectivity index (χ0n) is 12.3. The molecular formula is C17H18Cl2FN. The number of benzene rings is 2. The lowest BCUT2D eigenvalue weighted by atomic mass is 9.93. The summed E-state index contributed by atoms with van der Waals surface area (Å²) in [7, 11) is 0. The predicted molar refractivity (Wildman–Crippen MR) is 87.9 cm³/mol. The minimum absolute atomic E-state index is 0.213. The largest absolute Gasteiger partial charge is 0.306 e. The van der Waals surface area contributed by atoms with Gasteiger partial charge in [-0.25, -0.2) is 4.39 Å². The van der Waals surface area contributed by atoms with Crippen molar-refractivity contribution in [2.75, 3.05) is 6.54 Å². The predicted octanol–water partition coefficient (Wildman–Crippen LogP) is 5.45. The molecule has 0 saturated carbocycles. The van der Waals surface area contributed by atoms with E-state index in [1.807, 2.05) is 39.0 Å². The van der Waals surface area contributed by atoms with E-state index in [2.05, 4.69) is 5.32 Å². The standard InChI is InChI=1S/C17H18Cl2FN/c1-4-21-17(12-7-13(18)9-14(19)8-12)16-11(3)5-10(2)6-15(16)20/h5-9,17,21H,4H2,1-3H3. The normalized spacial score (nSPS) is 12.5. The van der Waals surface area contributed by atoms with Gasteiger partial charge in [0.05, 0.1) is 6.04 Å². The van der Waals surface area contributed by atoms with Gasteiger partial charge in [0.25, 0.3) is 0 Å². The van der Waals surface area contributed by atoms with Crippen molar-refractivity contribution in [2.45, 2.75) is 26.8 Å². The lowest BCUT2D eigenvalue weighted by Crippen LogP contribution is -2.24. The molecule has 0 aliphatic heterocycles. The summed E-state index contributed by atoms with van der Waals surface area (Å²) in [5, 5.41) is 4.41. The van der Waals surface area contributed by atoms with Crippen molar-refractivity contribution in [1.29, 1.82) is 0 Å². The second-order valence-corrected chi connectivity index (χ2v) is 6.04. The third-order valence-electron chi connectivity index (χ3n) is 3.40. The zero-order chi connectivity index (χ0) is 15.6. The molecule has 0 bridgehead atoms. The molecule has 2 aromatic rings. The molecule has 0 radical (unpaired) electrons. The highest BCUT2D eigenvalue weighted by Gasteiger charge is 2.20. The van der Waals surface area contributed by atoms with Crippen molar-refractivity contribution in [3.8, 4) is 0 Å². The van der Waals surface area contributed by atoms with Crippen LogP contribution in [0.1, 0.15) is 35.2 Å². The number of halogens is 3. The summed E-state index contributed by atoms with van der Waals surface area (Å²) >= 11 is 12.2. The first kappa shape index (κ1) is 16.3. The van der Waals surface area contributed by atoms with Gasteiger partial charge < -0.3 is 5.32 Å². The molecule has 0 aliphatic carbocycles. The fourth-order valence-electron chi connectivity index (χ4n) is 2.63. The van der Waals surface area contributed by atoms with Gasteiger partial charge in [-0.2, -0.15) is 0 Å². The molecule has 4 heteroatoms. The van der Waals surface area contributed by atoms with Gasteiger partial charge in [-0.05, 0) is 61.3 Å². The van der Waals surface area contributed by atoms with Crippen molar-refractivity contribution in [3.63, 3.8) is 0 Å². The molecule has 1 nitrogen and oxygen atoms in total. The third-order valence-corrected chi connectivity index (χ3v) is 3.83. The first-order valence-corrected chi connectivity index (χ1v) is 7.64. The van der Waals surface area contributed by atoms with Crippen LogP contribution in [-0.2, 0) is 0 Å². The highest BCUT2D eigenvalue weighted by Crippen LogP contribution is 2.31. The molecule has 21 heavy (non-hydrogen) atoms. The van der Waals surface area contributed by atoms with E-state index in [-0.39, 0.29) is 11.9 Å². The van der Waals surface area contributed by atoms with Gasteiger partial charge >= 0.3 is 0 Å². The second-order valence-electron chi connectivity index (χ2n) is 5.17. The zero-order valence-corrected chi connectivity index (χ0v) is 13.8. The number of hydrogen-bond donors (Lipinski definition) is 1. The molecule has 0 heterocycles. The van der Waals surface area contributed by atoms with Gasteiger partial charge in [-0.1, -0.05) is 36.2 Å². The van der Waals surface area contributed by atoms with Gasteiger partial charge in [0.15, 0.2) is 0 Å². The highest BCUT2D eigenvalue weighted by molar-refractivity contribution is 6.34. The fourth-order valence-corrected chi connectivity index (χ4v) is 3.17. The Morgan fingerprint density at radius 1 is 1.05 bits per heavy atom. The molecule has 112 valence electrons. The van der Waals surface area contributed by atoms with E-state index in [1.165, 1.54) is 0 Å². The SMILES string of the molecule is CCNC(c1cc(Cl)cc(Cl)c1)c1c(C)cc(C)cc1F. The lowest BCUT2D eigenvalue weighted by Gasteiger charge is -2.22. The summed E-state index contributed by atoms with van der Waals surface area (Å²) < 4.78 is 14.5. The van der Waals surface area contributed by atoms with Crippen LogP contribution in [0.4, 0.5) is 4.39 Å². The van der Waals surface area contributed by atoms with E-state index >= 15 is 0 Å². The summed E-state index contributed by atoms with van der Waals surface area (Å²) in [5.74, 6) is -0.213. The van der Waals surface area contributed by atoms with Crippen LogP contribution in [0.5, 0.6) is 0 Å². The average Bonchev–Trinajstić information content (AvgIpc) is 2.35.